The Balaban J connectivity index is 1.45. The first-order valence-electron chi connectivity index (χ1n) is 18.5. The van der Waals surface area contributed by atoms with Gasteiger partial charge in [0.2, 0.25) is 11.8 Å². The van der Waals surface area contributed by atoms with Gasteiger partial charge in [-0.05, 0) is 88.7 Å². The summed E-state index contributed by atoms with van der Waals surface area (Å²) in [5.74, 6) is -4.31. The lowest BCUT2D eigenvalue weighted by Crippen LogP contribution is -2.59. The molecule has 1 aromatic carbocycles. The molecule has 2 amide bonds. The van der Waals surface area contributed by atoms with Gasteiger partial charge in [-0.15, -0.1) is 0 Å². The molecule has 50 heavy (non-hydrogen) atoms. The molecule has 2 bridgehead atoms. The van der Waals surface area contributed by atoms with Crippen LogP contribution in [0.2, 0.25) is 0 Å². The van der Waals surface area contributed by atoms with Crippen LogP contribution in [0.4, 0.5) is 13.6 Å². The lowest BCUT2D eigenvalue weighted by molar-refractivity contribution is -0.143. The van der Waals surface area contributed by atoms with E-state index in [1.54, 1.807) is 18.2 Å². The molecule has 3 fully saturated rings. The first kappa shape index (κ1) is 36.2. The monoisotopic (exact) mass is 698 g/mol. The Hall–Kier alpha value is -3.57. The second-order valence-corrected chi connectivity index (χ2v) is 15.5. The van der Waals surface area contributed by atoms with Gasteiger partial charge in [-0.1, -0.05) is 39.5 Å². The summed E-state index contributed by atoms with van der Waals surface area (Å²) in [4.78, 5) is 52.5. The lowest BCUT2D eigenvalue weighted by Gasteiger charge is -2.42. The third-order valence-corrected chi connectivity index (χ3v) is 12.1. The molecule has 12 heteroatoms. The van der Waals surface area contributed by atoms with Gasteiger partial charge in [0, 0.05) is 18.4 Å². The molecule has 0 radical (unpaired) electrons. The zero-order chi connectivity index (χ0) is 35.8. The molecule has 0 spiro atoms. The summed E-state index contributed by atoms with van der Waals surface area (Å²) in [6.07, 6.45) is 6.55. The van der Waals surface area contributed by atoms with Crippen LogP contribution in [0.25, 0.3) is 11.0 Å². The van der Waals surface area contributed by atoms with Crippen LogP contribution in [0.5, 0.6) is 11.6 Å². The van der Waals surface area contributed by atoms with Crippen LogP contribution in [-0.4, -0.2) is 70.1 Å². The predicted molar refractivity (Wildman–Crippen MR) is 183 cm³/mol. The number of amides is 2. The molecule has 2 aliphatic carbocycles. The number of Topliss-reactive ketones (excluding diaryl/α,β-unsaturated/α-hetero) is 1. The fraction of sp³-hybridized carbons (Fsp3) is 0.711. The van der Waals surface area contributed by atoms with Crippen molar-refractivity contribution in [3.8, 4) is 11.6 Å². The van der Waals surface area contributed by atoms with Crippen LogP contribution in [0.15, 0.2) is 18.2 Å². The number of nitrogens with one attached hydrogen (secondary N) is 1. The van der Waals surface area contributed by atoms with E-state index in [0.717, 1.165) is 44.9 Å². The van der Waals surface area contributed by atoms with Gasteiger partial charge in [0.25, 0.3) is 5.92 Å². The van der Waals surface area contributed by atoms with Gasteiger partial charge in [0.05, 0.1) is 30.7 Å². The van der Waals surface area contributed by atoms with E-state index < -0.39 is 59.3 Å². The van der Waals surface area contributed by atoms with Crippen LogP contribution in [0.3, 0.4) is 0 Å². The van der Waals surface area contributed by atoms with E-state index in [4.69, 9.17) is 14.2 Å². The van der Waals surface area contributed by atoms with Gasteiger partial charge in [-0.3, -0.25) is 9.59 Å². The first-order chi connectivity index (χ1) is 23.8. The fourth-order valence-corrected chi connectivity index (χ4v) is 9.20. The number of alkyl halides is 2. The number of ketones is 1. The molecule has 6 atom stereocenters. The van der Waals surface area contributed by atoms with Crippen molar-refractivity contribution in [1.29, 1.82) is 0 Å². The highest BCUT2D eigenvalue weighted by atomic mass is 19.3. The second kappa shape index (κ2) is 14.2. The summed E-state index contributed by atoms with van der Waals surface area (Å²) < 4.78 is 50.5. The zero-order valence-corrected chi connectivity index (χ0v) is 30.1. The summed E-state index contributed by atoms with van der Waals surface area (Å²) in [6.45, 7) is 7.24. The Kier molecular flexibility index (Phi) is 10.3. The largest absolute Gasteiger partial charge is 0.497 e. The number of aromatic nitrogens is 2. The van der Waals surface area contributed by atoms with Gasteiger partial charge < -0.3 is 24.4 Å². The molecule has 6 rings (SSSR count). The van der Waals surface area contributed by atoms with Gasteiger partial charge in [-0.25, -0.2) is 14.8 Å². The van der Waals surface area contributed by atoms with E-state index >= 15 is 8.78 Å². The van der Waals surface area contributed by atoms with Crippen molar-refractivity contribution in [2.24, 2.45) is 17.3 Å². The highest BCUT2D eigenvalue weighted by Gasteiger charge is 2.53. The number of rotatable bonds is 4. The van der Waals surface area contributed by atoms with Gasteiger partial charge in [0.1, 0.15) is 23.5 Å². The quantitative estimate of drug-likeness (QED) is 0.349. The summed E-state index contributed by atoms with van der Waals surface area (Å²) in [7, 11) is 1.51. The molecule has 2 aromatic rings. The van der Waals surface area contributed by atoms with Crippen molar-refractivity contribution in [3.05, 3.63) is 23.9 Å². The number of fused-ring (bicyclic) bond motifs is 5. The molecule has 1 unspecified atom stereocenters. The van der Waals surface area contributed by atoms with Crippen LogP contribution in [-0.2, 0) is 20.2 Å². The van der Waals surface area contributed by atoms with Crippen molar-refractivity contribution in [3.63, 3.8) is 0 Å². The SMILES string of the molecule is CC[C@@H]1[C@@H]2CN(C(=O)[C@H](C3(C)CCCCC3)NC(=O)O[C@]3(C)CCCC3CCCCC(F)(F)c3nc4ccc(OC)cc4nc3O2)[C@@H]1C(C)=O. The number of methoxy groups -OCH3 is 1. The Morgan fingerprint density at radius 2 is 1.72 bits per heavy atom. The molecule has 1 saturated heterocycles. The molecule has 4 aliphatic rings. The third-order valence-electron chi connectivity index (χ3n) is 12.1. The molecule has 2 saturated carbocycles. The predicted octanol–water partition coefficient (Wildman–Crippen LogP) is 7.50. The van der Waals surface area contributed by atoms with Crippen LogP contribution in [0.1, 0.15) is 117 Å². The number of carbonyl (C=O) groups excluding carboxylic acids is 3. The topological polar surface area (TPSA) is 120 Å². The minimum absolute atomic E-state index is 0.00116. The van der Waals surface area contributed by atoms with Crippen molar-refractivity contribution in [1.82, 2.24) is 20.2 Å². The lowest BCUT2D eigenvalue weighted by atomic mass is 9.70. The van der Waals surface area contributed by atoms with E-state index in [2.05, 4.69) is 15.3 Å². The van der Waals surface area contributed by atoms with Crippen molar-refractivity contribution < 1.29 is 37.4 Å². The summed E-state index contributed by atoms with van der Waals surface area (Å²) in [5.41, 5.74) is -1.28. The minimum atomic E-state index is -3.37. The summed E-state index contributed by atoms with van der Waals surface area (Å²) in [6, 6.07) is 3.05. The maximum Gasteiger partial charge on any atom is 0.408 e. The Morgan fingerprint density at radius 3 is 2.42 bits per heavy atom. The summed E-state index contributed by atoms with van der Waals surface area (Å²) >= 11 is 0. The third kappa shape index (κ3) is 7.00. The number of halogens is 2. The molecule has 1 N–H and O–H groups in total. The van der Waals surface area contributed by atoms with Crippen LogP contribution < -0.4 is 14.8 Å². The maximum absolute atomic E-state index is 16.3. The van der Waals surface area contributed by atoms with Crippen molar-refractivity contribution >= 4 is 28.8 Å². The summed E-state index contributed by atoms with van der Waals surface area (Å²) in [5, 5.41) is 3.01. The number of hydrogen-bond acceptors (Lipinski definition) is 8. The smallest absolute Gasteiger partial charge is 0.408 e. The molecule has 3 heterocycles. The fourth-order valence-electron chi connectivity index (χ4n) is 9.20. The number of alkyl carbamates (subject to hydrolysis) is 1. The highest BCUT2D eigenvalue weighted by molar-refractivity contribution is 5.93. The van der Waals surface area contributed by atoms with Gasteiger partial charge in [0.15, 0.2) is 11.5 Å². The zero-order valence-electron chi connectivity index (χ0n) is 30.1. The highest BCUT2D eigenvalue weighted by Crippen LogP contribution is 2.45. The van der Waals surface area contributed by atoms with Gasteiger partial charge >= 0.3 is 6.09 Å². The van der Waals surface area contributed by atoms with Gasteiger partial charge in [-0.2, -0.15) is 8.78 Å². The minimum Gasteiger partial charge on any atom is -0.497 e. The normalized spacial score (nSPS) is 31.7. The molecule has 1 aromatic heterocycles. The molecule has 274 valence electrons. The van der Waals surface area contributed by atoms with E-state index in [1.807, 2.05) is 20.8 Å². The molecule has 10 nitrogen and oxygen atoms in total. The molecular formula is C38H52F2N4O6. The number of benzene rings is 1. The Bertz CT molecular complexity index is 1600. The number of carbonyl (C=O) groups is 3. The maximum atomic E-state index is 16.3. The van der Waals surface area contributed by atoms with E-state index in [1.165, 1.54) is 18.9 Å². The molecule has 2 aliphatic heterocycles. The first-order valence-corrected chi connectivity index (χ1v) is 18.5. The second-order valence-electron chi connectivity index (χ2n) is 15.5. The number of nitrogens with zero attached hydrogens (tertiary/aromatic N) is 3. The van der Waals surface area contributed by atoms with E-state index in [9.17, 15) is 14.4 Å². The van der Waals surface area contributed by atoms with Crippen LogP contribution in [0, 0.1) is 17.3 Å². The van der Waals surface area contributed by atoms with E-state index in [-0.39, 0.29) is 42.0 Å². The Morgan fingerprint density at radius 1 is 1.00 bits per heavy atom. The standard InChI is InChI=1S/C38H52F2N4O6/c1-6-26-29-22-44(30(26)23(2)45)34(46)32(36(3)17-9-7-10-18-36)43-35(47)50-37(4)19-12-14-24(37)13-8-11-20-38(39,40)31-33(49-29)42-28-21-25(48-5)15-16-27(28)41-31/h15-16,21,24,26,29-30,32H,6-14,17-20,22H2,1-5H3,(H,43,47)/t24?,26-,29+,30-,32-,37-/m1/s1. The van der Waals surface area contributed by atoms with Crippen molar-refractivity contribution in [2.45, 2.75) is 141 Å². The van der Waals surface area contributed by atoms with Crippen LogP contribution >= 0.6 is 0 Å². The average Bonchev–Trinajstić information content (AvgIpc) is 3.63. The Labute approximate surface area is 293 Å². The number of hydrogen-bond donors (Lipinski definition) is 1. The molecular weight excluding hydrogens is 646 g/mol. The number of ether oxygens (including phenoxy) is 3. The van der Waals surface area contributed by atoms with E-state index in [0.29, 0.717) is 36.9 Å². The average molecular weight is 699 g/mol. The van der Waals surface area contributed by atoms with Crippen molar-refractivity contribution in [2.75, 3.05) is 13.7 Å².